The fraction of sp³-hybridized carbons (Fsp3) is 0.0909. The third kappa shape index (κ3) is 4.01. The number of aromatic nitrogens is 1. The minimum atomic E-state index is -0.391. The van der Waals surface area contributed by atoms with E-state index >= 15 is 0 Å². The van der Waals surface area contributed by atoms with Gasteiger partial charge in [0.1, 0.15) is 17.3 Å². The number of carbonyl (C=O) groups excluding carboxylic acids is 1. The van der Waals surface area contributed by atoms with Gasteiger partial charge in [-0.15, -0.1) is 0 Å². The molecule has 0 aliphatic heterocycles. The molecule has 0 spiro atoms. The lowest BCUT2D eigenvalue weighted by Crippen LogP contribution is -2.28. The van der Waals surface area contributed by atoms with Crippen molar-refractivity contribution >= 4 is 16.7 Å². The first-order valence-corrected chi connectivity index (χ1v) is 8.78. The van der Waals surface area contributed by atoms with Crippen LogP contribution in [-0.4, -0.2) is 17.7 Å². The van der Waals surface area contributed by atoms with E-state index in [2.05, 4.69) is 10.5 Å². The number of fused-ring (bicyclic) bond motifs is 1. The molecule has 6 heteroatoms. The van der Waals surface area contributed by atoms with Gasteiger partial charge >= 0.3 is 0 Å². The van der Waals surface area contributed by atoms with Crippen LogP contribution in [0.5, 0.6) is 5.75 Å². The average Bonchev–Trinajstić information content (AvgIpc) is 3.19. The molecular formula is C22H17FN2O3. The number of hydrogen-bond donors (Lipinski definition) is 1. The van der Waals surface area contributed by atoms with E-state index < -0.39 is 5.82 Å². The Kier molecular flexibility index (Phi) is 5.01. The van der Waals surface area contributed by atoms with Gasteiger partial charge in [-0.2, -0.15) is 0 Å². The van der Waals surface area contributed by atoms with Gasteiger partial charge in [-0.05, 0) is 35.0 Å². The molecule has 0 bridgehead atoms. The summed E-state index contributed by atoms with van der Waals surface area (Å²) in [7, 11) is 0. The number of rotatable bonds is 6. The summed E-state index contributed by atoms with van der Waals surface area (Å²) >= 11 is 0. The van der Waals surface area contributed by atoms with Crippen molar-refractivity contribution in [3.63, 3.8) is 0 Å². The summed E-state index contributed by atoms with van der Waals surface area (Å²) in [6.07, 6.45) is 0. The Hall–Kier alpha value is -3.67. The molecule has 1 heterocycles. The van der Waals surface area contributed by atoms with Gasteiger partial charge in [0.05, 0.1) is 12.1 Å². The summed E-state index contributed by atoms with van der Waals surface area (Å²) < 4.78 is 24.5. The highest BCUT2D eigenvalue weighted by atomic mass is 19.1. The molecule has 0 saturated carbocycles. The summed E-state index contributed by atoms with van der Waals surface area (Å²) in [5, 5.41) is 8.72. The largest absolute Gasteiger partial charge is 0.484 e. The number of hydrogen-bond acceptors (Lipinski definition) is 4. The predicted octanol–water partition coefficient (Wildman–Crippen LogP) is 4.33. The third-order valence-electron chi connectivity index (χ3n) is 4.26. The van der Waals surface area contributed by atoms with Crippen LogP contribution in [0.4, 0.5) is 4.39 Å². The Balaban J connectivity index is 1.31. The van der Waals surface area contributed by atoms with Crippen LogP contribution in [0.1, 0.15) is 5.69 Å². The van der Waals surface area contributed by atoms with Crippen LogP contribution in [-0.2, 0) is 11.3 Å². The average molecular weight is 376 g/mol. The molecular weight excluding hydrogens is 359 g/mol. The van der Waals surface area contributed by atoms with E-state index in [1.165, 1.54) is 6.07 Å². The molecule has 0 aliphatic carbocycles. The maximum absolute atomic E-state index is 13.8. The Morgan fingerprint density at radius 1 is 1.00 bits per heavy atom. The molecule has 0 atom stereocenters. The molecule has 5 nitrogen and oxygen atoms in total. The molecule has 28 heavy (non-hydrogen) atoms. The molecule has 140 valence electrons. The second-order valence-electron chi connectivity index (χ2n) is 6.24. The molecule has 4 aromatic rings. The van der Waals surface area contributed by atoms with E-state index in [1.807, 2.05) is 42.5 Å². The Morgan fingerprint density at radius 2 is 1.79 bits per heavy atom. The van der Waals surface area contributed by atoms with Crippen molar-refractivity contribution in [2.24, 2.45) is 0 Å². The van der Waals surface area contributed by atoms with Crippen molar-refractivity contribution in [1.82, 2.24) is 10.5 Å². The number of amides is 1. The molecule has 1 aromatic heterocycles. The summed E-state index contributed by atoms with van der Waals surface area (Å²) in [6.45, 7) is 0.0498. The maximum atomic E-state index is 13.8. The van der Waals surface area contributed by atoms with Gasteiger partial charge in [-0.25, -0.2) is 4.39 Å². The first-order chi connectivity index (χ1) is 13.7. The van der Waals surface area contributed by atoms with Gasteiger partial charge in [0.2, 0.25) is 0 Å². The fourth-order valence-corrected chi connectivity index (χ4v) is 2.83. The standard InChI is InChI=1S/C22H17FN2O3/c23-20-8-4-3-7-19(20)21-12-17(25-28-21)13-24-22(26)14-27-18-10-9-15-5-1-2-6-16(15)11-18/h1-12H,13-14H2,(H,24,26). The summed E-state index contributed by atoms with van der Waals surface area (Å²) in [6, 6.07) is 21.5. The monoisotopic (exact) mass is 376 g/mol. The Labute approximate surface area is 160 Å². The number of nitrogens with one attached hydrogen (secondary N) is 1. The van der Waals surface area contributed by atoms with Gasteiger partial charge in [-0.3, -0.25) is 4.79 Å². The zero-order valence-electron chi connectivity index (χ0n) is 14.9. The number of benzene rings is 3. The smallest absolute Gasteiger partial charge is 0.258 e. The highest BCUT2D eigenvalue weighted by Gasteiger charge is 2.11. The lowest BCUT2D eigenvalue weighted by Gasteiger charge is -2.07. The van der Waals surface area contributed by atoms with Gasteiger partial charge < -0.3 is 14.6 Å². The first kappa shape index (κ1) is 17.7. The Bertz CT molecular complexity index is 1120. The molecule has 3 aromatic carbocycles. The third-order valence-corrected chi connectivity index (χ3v) is 4.26. The molecule has 1 amide bonds. The fourth-order valence-electron chi connectivity index (χ4n) is 2.83. The van der Waals surface area contributed by atoms with Crippen molar-refractivity contribution in [2.75, 3.05) is 6.61 Å². The van der Waals surface area contributed by atoms with Crippen LogP contribution >= 0.6 is 0 Å². The quantitative estimate of drug-likeness (QED) is 0.544. The van der Waals surface area contributed by atoms with Gasteiger partial charge in [0.25, 0.3) is 5.91 Å². The van der Waals surface area contributed by atoms with E-state index in [0.717, 1.165) is 10.8 Å². The summed E-state index contributed by atoms with van der Waals surface area (Å²) in [5.41, 5.74) is 0.824. The Morgan fingerprint density at radius 3 is 2.64 bits per heavy atom. The van der Waals surface area contributed by atoms with Crippen LogP contribution in [0.2, 0.25) is 0 Å². The highest BCUT2D eigenvalue weighted by molar-refractivity contribution is 5.84. The SMILES string of the molecule is O=C(COc1ccc2ccccc2c1)NCc1cc(-c2ccccc2F)on1. The first-order valence-electron chi connectivity index (χ1n) is 8.78. The molecule has 0 fully saturated rings. The minimum Gasteiger partial charge on any atom is -0.484 e. The minimum absolute atomic E-state index is 0.115. The van der Waals surface area contributed by atoms with Crippen LogP contribution in [0.15, 0.2) is 77.3 Å². The number of carbonyl (C=O) groups is 1. The van der Waals surface area contributed by atoms with Crippen molar-refractivity contribution in [3.8, 4) is 17.1 Å². The molecule has 0 unspecified atom stereocenters. The van der Waals surface area contributed by atoms with Crippen molar-refractivity contribution in [2.45, 2.75) is 6.54 Å². The predicted molar refractivity (Wildman–Crippen MR) is 103 cm³/mol. The summed E-state index contributed by atoms with van der Waals surface area (Å²) in [4.78, 5) is 12.0. The van der Waals surface area contributed by atoms with E-state index in [1.54, 1.807) is 24.3 Å². The molecule has 1 N–H and O–H groups in total. The lowest BCUT2D eigenvalue weighted by atomic mass is 10.1. The van der Waals surface area contributed by atoms with E-state index in [-0.39, 0.29) is 19.1 Å². The molecule has 4 rings (SSSR count). The molecule has 0 saturated heterocycles. The number of nitrogens with zero attached hydrogens (tertiary/aromatic N) is 1. The number of halogens is 1. The van der Waals surface area contributed by atoms with Crippen molar-refractivity contribution in [3.05, 3.63) is 84.3 Å². The second kappa shape index (κ2) is 7.92. The molecule has 0 radical (unpaired) electrons. The van der Waals surface area contributed by atoms with Crippen molar-refractivity contribution < 1.29 is 18.4 Å². The van der Waals surface area contributed by atoms with E-state index in [0.29, 0.717) is 22.8 Å². The van der Waals surface area contributed by atoms with Crippen LogP contribution in [0.25, 0.3) is 22.1 Å². The van der Waals surface area contributed by atoms with Crippen LogP contribution < -0.4 is 10.1 Å². The van der Waals surface area contributed by atoms with Gasteiger partial charge in [-0.1, -0.05) is 47.6 Å². The highest BCUT2D eigenvalue weighted by Crippen LogP contribution is 2.23. The lowest BCUT2D eigenvalue weighted by molar-refractivity contribution is -0.123. The van der Waals surface area contributed by atoms with Crippen LogP contribution in [0.3, 0.4) is 0 Å². The van der Waals surface area contributed by atoms with Gasteiger partial charge in [0.15, 0.2) is 12.4 Å². The molecule has 0 aliphatic rings. The zero-order valence-corrected chi connectivity index (χ0v) is 14.9. The van der Waals surface area contributed by atoms with Crippen molar-refractivity contribution in [1.29, 1.82) is 0 Å². The number of ether oxygens (including phenoxy) is 1. The van der Waals surface area contributed by atoms with E-state index in [4.69, 9.17) is 9.26 Å². The summed E-state index contributed by atoms with van der Waals surface area (Å²) in [5.74, 6) is 0.258. The normalized spacial score (nSPS) is 10.8. The van der Waals surface area contributed by atoms with Crippen LogP contribution in [0, 0.1) is 5.82 Å². The topological polar surface area (TPSA) is 64.4 Å². The van der Waals surface area contributed by atoms with E-state index in [9.17, 15) is 9.18 Å². The van der Waals surface area contributed by atoms with Gasteiger partial charge in [0, 0.05) is 6.07 Å². The maximum Gasteiger partial charge on any atom is 0.258 e. The second-order valence-corrected chi connectivity index (χ2v) is 6.24. The zero-order chi connectivity index (χ0) is 19.3.